The van der Waals surface area contributed by atoms with Gasteiger partial charge in [0, 0.05) is 36.5 Å². The van der Waals surface area contributed by atoms with Crippen molar-refractivity contribution in [2.24, 2.45) is 0 Å². The molecule has 2 rings (SSSR count). The number of nitrogens with zero attached hydrogens (tertiary/aromatic N) is 1. The van der Waals surface area contributed by atoms with Gasteiger partial charge in [-0.25, -0.2) is 0 Å². The first-order chi connectivity index (χ1) is 18.5. The Hall–Kier alpha value is -2.00. The molecule has 0 amide bonds. The minimum Gasteiger partial charge on any atom is -0.381 e. The second kappa shape index (κ2) is 14.8. The van der Waals surface area contributed by atoms with Gasteiger partial charge in [0.2, 0.25) is 0 Å². The van der Waals surface area contributed by atoms with E-state index in [4.69, 9.17) is 0 Å². The smallest absolute Gasteiger partial charge is 0.0413 e. The SMILES string of the molecule is CC(CN(C)CC(C)Nc1c(C(C)C)cc(C(C)C)cc1C(C)C)Nc1c(C(C)C)cc(C(C)C)cc1C(C)C. The molecule has 0 radical (unpaired) electrons. The van der Waals surface area contributed by atoms with Gasteiger partial charge in [-0.15, -0.1) is 0 Å². The van der Waals surface area contributed by atoms with E-state index in [2.05, 4.69) is 144 Å². The average molecular weight is 550 g/mol. The molecule has 3 nitrogen and oxygen atoms in total. The lowest BCUT2D eigenvalue weighted by molar-refractivity contribution is 0.314. The molecule has 2 unspecified atom stereocenters. The third-order valence-electron chi connectivity index (χ3n) is 8.22. The van der Waals surface area contributed by atoms with Gasteiger partial charge in [0.05, 0.1) is 0 Å². The van der Waals surface area contributed by atoms with Crippen molar-refractivity contribution in [1.82, 2.24) is 4.90 Å². The van der Waals surface area contributed by atoms with Crippen LogP contribution in [0.2, 0.25) is 0 Å². The van der Waals surface area contributed by atoms with Crippen molar-refractivity contribution in [3.63, 3.8) is 0 Å². The minimum absolute atomic E-state index is 0.347. The molecule has 0 spiro atoms. The van der Waals surface area contributed by atoms with Crippen LogP contribution in [0.1, 0.15) is 166 Å². The van der Waals surface area contributed by atoms with Crippen molar-refractivity contribution < 1.29 is 0 Å². The van der Waals surface area contributed by atoms with Crippen LogP contribution >= 0.6 is 0 Å². The van der Waals surface area contributed by atoms with E-state index in [1.165, 1.54) is 44.8 Å². The lowest BCUT2D eigenvalue weighted by Gasteiger charge is -2.31. The molecule has 2 atom stereocenters. The van der Waals surface area contributed by atoms with Gasteiger partial charge in [-0.2, -0.15) is 0 Å². The van der Waals surface area contributed by atoms with Crippen molar-refractivity contribution in [2.45, 2.75) is 145 Å². The summed E-state index contributed by atoms with van der Waals surface area (Å²) in [5, 5.41) is 7.93. The van der Waals surface area contributed by atoms with Crippen LogP contribution in [0.3, 0.4) is 0 Å². The molecule has 0 heterocycles. The van der Waals surface area contributed by atoms with Crippen molar-refractivity contribution in [3.8, 4) is 0 Å². The summed E-state index contributed by atoms with van der Waals surface area (Å²) in [4.78, 5) is 2.48. The molecule has 40 heavy (non-hydrogen) atoms. The Labute approximate surface area is 248 Å². The molecule has 0 fully saturated rings. The van der Waals surface area contributed by atoms with Crippen LogP contribution in [0.4, 0.5) is 11.4 Å². The number of rotatable bonds is 14. The zero-order chi connectivity index (χ0) is 30.5. The molecule has 0 bridgehead atoms. The summed E-state index contributed by atoms with van der Waals surface area (Å²) in [5.74, 6) is 3.02. The summed E-state index contributed by atoms with van der Waals surface area (Å²) in [6, 6.07) is 10.5. The maximum Gasteiger partial charge on any atom is 0.0413 e. The van der Waals surface area contributed by atoms with E-state index in [1.54, 1.807) is 0 Å². The fraction of sp³-hybridized carbons (Fsp3) is 0.676. The first kappa shape index (κ1) is 34.2. The maximum atomic E-state index is 3.96. The highest BCUT2D eigenvalue weighted by molar-refractivity contribution is 5.63. The van der Waals surface area contributed by atoms with Crippen molar-refractivity contribution in [2.75, 3.05) is 30.8 Å². The number of nitrogens with one attached hydrogen (secondary N) is 2. The van der Waals surface area contributed by atoms with Crippen LogP contribution in [0.25, 0.3) is 0 Å². The Balaban J connectivity index is 2.22. The molecule has 2 aromatic rings. The monoisotopic (exact) mass is 550 g/mol. The van der Waals surface area contributed by atoms with Gasteiger partial charge >= 0.3 is 0 Å². The number of hydrogen-bond donors (Lipinski definition) is 2. The quantitative estimate of drug-likeness (QED) is 0.245. The summed E-state index contributed by atoms with van der Waals surface area (Å²) in [5.41, 5.74) is 11.4. The Morgan fingerprint density at radius 1 is 0.450 bits per heavy atom. The number of benzene rings is 2. The molecule has 226 valence electrons. The summed E-state index contributed by atoms with van der Waals surface area (Å²) in [7, 11) is 2.26. The molecule has 2 N–H and O–H groups in total. The standard InChI is InChI=1S/C37H63N3/c1-22(2)30-16-32(24(5)6)36(33(17-30)25(7)8)38-28(13)20-40(15)21-29(14)39-37-34(26(9)10)18-31(23(3)4)19-35(37)27(11)12/h16-19,22-29,38-39H,20-21H2,1-15H3. The van der Waals surface area contributed by atoms with E-state index in [1.807, 2.05) is 0 Å². The first-order valence-corrected chi connectivity index (χ1v) is 16.1. The van der Waals surface area contributed by atoms with Crippen LogP contribution < -0.4 is 10.6 Å². The zero-order valence-corrected chi connectivity index (χ0v) is 28.8. The highest BCUT2D eigenvalue weighted by Crippen LogP contribution is 2.38. The van der Waals surface area contributed by atoms with Gasteiger partial charge in [-0.05, 0) is 89.8 Å². The molecule has 0 aliphatic rings. The van der Waals surface area contributed by atoms with E-state index < -0.39 is 0 Å². The van der Waals surface area contributed by atoms with Crippen molar-refractivity contribution >= 4 is 11.4 Å². The summed E-state index contributed by atoms with van der Waals surface area (Å²) in [6.07, 6.45) is 0. The first-order valence-electron chi connectivity index (χ1n) is 16.1. The normalized spacial score (nSPS) is 13.9. The predicted molar refractivity (Wildman–Crippen MR) is 181 cm³/mol. The third kappa shape index (κ3) is 9.00. The lowest BCUT2D eigenvalue weighted by Crippen LogP contribution is -2.39. The highest BCUT2D eigenvalue weighted by atomic mass is 15.1. The van der Waals surface area contributed by atoms with Crippen molar-refractivity contribution in [1.29, 1.82) is 0 Å². The number of hydrogen-bond acceptors (Lipinski definition) is 3. The average Bonchev–Trinajstić information content (AvgIpc) is 2.82. The number of likely N-dealkylation sites (N-methyl/N-ethyl adjacent to an activating group) is 1. The predicted octanol–water partition coefficient (Wildman–Crippen LogP) is 10.7. The molecular formula is C37H63N3. The van der Waals surface area contributed by atoms with E-state index in [9.17, 15) is 0 Å². The van der Waals surface area contributed by atoms with Crippen molar-refractivity contribution in [3.05, 3.63) is 57.6 Å². The topological polar surface area (TPSA) is 27.3 Å². The molecule has 0 aliphatic carbocycles. The summed E-state index contributed by atoms with van der Waals surface area (Å²) in [6.45, 7) is 34.4. The van der Waals surface area contributed by atoms with Gasteiger partial charge in [-0.1, -0.05) is 107 Å². The fourth-order valence-electron chi connectivity index (χ4n) is 5.84. The molecule has 0 saturated heterocycles. The molecular weight excluding hydrogens is 486 g/mol. The Morgan fingerprint density at radius 2 is 0.700 bits per heavy atom. The second-order valence-electron chi connectivity index (χ2n) is 14.4. The van der Waals surface area contributed by atoms with Gasteiger partial charge in [-0.3, -0.25) is 0 Å². The lowest BCUT2D eigenvalue weighted by atomic mass is 9.87. The van der Waals surface area contributed by atoms with Crippen LogP contribution in [-0.2, 0) is 0 Å². The Morgan fingerprint density at radius 3 is 0.900 bits per heavy atom. The van der Waals surface area contributed by atoms with Crippen LogP contribution in [0.15, 0.2) is 24.3 Å². The van der Waals surface area contributed by atoms with E-state index in [0.717, 1.165) is 13.1 Å². The van der Waals surface area contributed by atoms with Gasteiger partial charge in [0.15, 0.2) is 0 Å². The largest absolute Gasteiger partial charge is 0.381 e. The second-order valence-corrected chi connectivity index (χ2v) is 14.4. The van der Waals surface area contributed by atoms with Gasteiger partial charge < -0.3 is 15.5 Å². The van der Waals surface area contributed by atoms with E-state index >= 15 is 0 Å². The van der Waals surface area contributed by atoms with Gasteiger partial charge in [0.25, 0.3) is 0 Å². The van der Waals surface area contributed by atoms with Crippen LogP contribution in [0, 0.1) is 0 Å². The molecule has 0 aliphatic heterocycles. The Bertz CT molecular complexity index is 933. The minimum atomic E-state index is 0.347. The highest BCUT2D eigenvalue weighted by Gasteiger charge is 2.21. The molecule has 2 aromatic carbocycles. The maximum absolute atomic E-state index is 3.96. The number of anilines is 2. The third-order valence-corrected chi connectivity index (χ3v) is 8.22. The van der Waals surface area contributed by atoms with E-state index in [-0.39, 0.29) is 0 Å². The van der Waals surface area contributed by atoms with Crippen LogP contribution in [-0.4, -0.2) is 37.1 Å². The summed E-state index contributed by atoms with van der Waals surface area (Å²) >= 11 is 0. The summed E-state index contributed by atoms with van der Waals surface area (Å²) < 4.78 is 0. The molecule has 3 heteroatoms. The Kier molecular flexibility index (Phi) is 12.6. The zero-order valence-electron chi connectivity index (χ0n) is 28.8. The van der Waals surface area contributed by atoms with Crippen LogP contribution in [0.5, 0.6) is 0 Å². The molecule has 0 aromatic heterocycles. The molecule has 0 saturated carbocycles. The van der Waals surface area contributed by atoms with Gasteiger partial charge in [0.1, 0.15) is 0 Å². The van der Waals surface area contributed by atoms with E-state index in [0.29, 0.717) is 47.6 Å². The fourth-order valence-corrected chi connectivity index (χ4v) is 5.84.